The van der Waals surface area contributed by atoms with E-state index < -0.39 is 17.7 Å². The molecule has 1 N–H and O–H groups in total. The monoisotopic (exact) mass is 581 g/mol. The average molecular weight is 582 g/mol. The number of ketones is 1. The Morgan fingerprint density at radius 2 is 1.69 bits per heavy atom. The zero-order valence-corrected chi connectivity index (χ0v) is 23.5. The molecule has 0 radical (unpaired) electrons. The summed E-state index contributed by atoms with van der Waals surface area (Å²) in [6.07, 6.45) is -2.77. The van der Waals surface area contributed by atoms with Gasteiger partial charge in [0.2, 0.25) is 0 Å². The summed E-state index contributed by atoms with van der Waals surface area (Å²) in [6, 6.07) is 18.0. The van der Waals surface area contributed by atoms with Crippen molar-refractivity contribution in [3.8, 4) is 11.5 Å². The number of halogens is 3. The summed E-state index contributed by atoms with van der Waals surface area (Å²) in [5.41, 5.74) is 1.63. The van der Waals surface area contributed by atoms with Crippen molar-refractivity contribution in [3.05, 3.63) is 123 Å². The number of nitrogens with one attached hydrogen (secondary N) is 1. The summed E-state index contributed by atoms with van der Waals surface area (Å²) >= 11 is 0. The molecule has 0 amide bonds. The number of esters is 1. The number of nitroso groups, excluding NO2 is 1. The smallest absolute Gasteiger partial charge is 0.416 e. The molecule has 220 valence electrons. The molecule has 3 rings (SSSR count). The number of rotatable bonds is 11. The minimum absolute atomic E-state index is 0.0321. The van der Waals surface area contributed by atoms with Gasteiger partial charge in [-0.25, -0.2) is 4.79 Å². The molecule has 0 saturated carbocycles. The second kappa shape index (κ2) is 14.6. The molecule has 11 heteroatoms. The number of allylic oxidation sites excluding steroid dienone is 1. The lowest BCUT2D eigenvalue weighted by molar-refractivity contribution is -0.171. The molecule has 0 aliphatic heterocycles. The molecule has 8 nitrogen and oxygen atoms in total. The molecule has 0 heterocycles. The molecule has 0 unspecified atom stereocenters. The molecular formula is C31H30F3N3O5. The second-order valence-corrected chi connectivity index (χ2v) is 8.61. The highest BCUT2D eigenvalue weighted by Crippen LogP contribution is 2.34. The number of alkyl halides is 3. The van der Waals surface area contributed by atoms with Gasteiger partial charge in [0.1, 0.15) is 11.5 Å². The Hall–Kier alpha value is -4.93. The molecule has 3 aromatic rings. The van der Waals surface area contributed by atoms with Crippen molar-refractivity contribution < 1.29 is 32.0 Å². The summed E-state index contributed by atoms with van der Waals surface area (Å²) in [4.78, 5) is 12.6. The van der Waals surface area contributed by atoms with Gasteiger partial charge >= 0.3 is 24.5 Å². The lowest BCUT2D eigenvalue weighted by Gasteiger charge is -2.14. The van der Waals surface area contributed by atoms with Crippen LogP contribution in [0.4, 0.5) is 13.2 Å². The minimum atomic E-state index is -4.49. The molecule has 0 aromatic heterocycles. The third kappa shape index (κ3) is 7.62. The van der Waals surface area contributed by atoms with Crippen molar-refractivity contribution in [1.82, 2.24) is 0 Å². The molecule has 0 atom stereocenters. The highest BCUT2D eigenvalue weighted by atomic mass is 19.4. The van der Waals surface area contributed by atoms with E-state index in [9.17, 15) is 18.0 Å². The number of hydrogen-bond donors (Lipinski definition) is 0. The predicted octanol–water partition coefficient (Wildman–Crippen LogP) is 8.84. The SMILES string of the molecule is CC[O+]=NC(=C(CC)C(=[O+][NH-])c1ccccc1C(=C[N-]C)C(=O)OC)c1ccc(Oc2cccc(C(F)(F)F)c2)cc1. The standard InChI is InChI=1S/C31H30F3N3O5/c1-5-24(29(42-35)26-13-8-7-12-25(26)27(19-36-3)30(38)39-4)28(37-40-6-2)20-14-16-22(17-15-20)41-23-11-9-10-21(18-23)31(32,33)34/h7-19,35H,5-6H2,1-4H3. The van der Waals surface area contributed by atoms with Crippen molar-refractivity contribution in [2.75, 3.05) is 20.8 Å². The van der Waals surface area contributed by atoms with Gasteiger partial charge in [0.25, 0.3) is 0 Å². The number of carbonyl (C=O) groups excluding carboxylic acids is 2. The van der Waals surface area contributed by atoms with Gasteiger partial charge in [0.15, 0.2) is 10.9 Å². The summed E-state index contributed by atoms with van der Waals surface area (Å²) < 4.78 is 60.5. The van der Waals surface area contributed by atoms with E-state index in [1.807, 2.05) is 6.92 Å². The van der Waals surface area contributed by atoms with Crippen LogP contribution in [0.1, 0.15) is 47.0 Å². The molecule has 0 bridgehead atoms. The lowest BCUT2D eigenvalue weighted by atomic mass is 9.91. The van der Waals surface area contributed by atoms with Gasteiger partial charge in [-0.2, -0.15) is 19.4 Å². The van der Waals surface area contributed by atoms with Crippen molar-refractivity contribution in [3.63, 3.8) is 0 Å². The molecule has 0 aliphatic rings. The Balaban J connectivity index is 2.10. The number of ether oxygens (including phenoxy) is 2. The maximum absolute atomic E-state index is 13.1. The van der Waals surface area contributed by atoms with Crippen LogP contribution in [0.15, 0.2) is 89.7 Å². The van der Waals surface area contributed by atoms with Gasteiger partial charge < -0.3 is 14.8 Å². The fourth-order valence-electron chi connectivity index (χ4n) is 4.07. The summed E-state index contributed by atoms with van der Waals surface area (Å²) in [5, 5.41) is 8.27. The zero-order chi connectivity index (χ0) is 30.7. The van der Waals surface area contributed by atoms with Crippen LogP contribution < -0.4 is 4.74 Å². The summed E-state index contributed by atoms with van der Waals surface area (Å²) in [7, 11) is 2.78. The van der Waals surface area contributed by atoms with E-state index in [1.54, 1.807) is 55.5 Å². The number of benzene rings is 3. The fourth-order valence-corrected chi connectivity index (χ4v) is 4.07. The quantitative estimate of drug-likeness (QED) is 0.0742. The van der Waals surface area contributed by atoms with Crippen LogP contribution in [0.3, 0.4) is 0 Å². The predicted molar refractivity (Wildman–Crippen MR) is 156 cm³/mol. The first-order valence-corrected chi connectivity index (χ1v) is 12.9. The number of methoxy groups -OCH3 is 1. The Morgan fingerprint density at radius 3 is 2.26 bits per heavy atom. The van der Waals surface area contributed by atoms with E-state index in [2.05, 4.69) is 10.5 Å². The molecule has 0 saturated heterocycles. The zero-order valence-electron chi connectivity index (χ0n) is 23.5. The largest absolute Gasteiger partial charge is 0.692 e. The number of nitrogens with zero attached hydrogens (tertiary/aromatic N) is 2. The van der Waals surface area contributed by atoms with Crippen molar-refractivity contribution in [2.24, 2.45) is 5.18 Å². The topological polar surface area (TPSA) is 108 Å². The highest BCUT2D eigenvalue weighted by molar-refractivity contribution is 6.22. The Bertz CT molecular complexity index is 1510. The lowest BCUT2D eigenvalue weighted by Crippen LogP contribution is -2.13. The van der Waals surface area contributed by atoms with Crippen LogP contribution in [0.2, 0.25) is 0 Å². The van der Waals surface area contributed by atoms with Crippen LogP contribution >= 0.6 is 0 Å². The van der Waals surface area contributed by atoms with Crippen molar-refractivity contribution in [2.45, 2.75) is 26.4 Å². The first kappa shape index (κ1) is 31.6. The summed E-state index contributed by atoms with van der Waals surface area (Å²) in [6.45, 7) is 3.88. The molecule has 0 fully saturated rings. The molecule has 3 aromatic carbocycles. The first-order valence-electron chi connectivity index (χ1n) is 12.9. The van der Waals surface area contributed by atoms with E-state index in [1.165, 1.54) is 32.5 Å². The number of carbonyl (C=O) groups is 1. The van der Waals surface area contributed by atoms with Crippen molar-refractivity contribution >= 4 is 23.0 Å². The normalized spacial score (nSPS) is 13.1. The Labute approximate surface area is 241 Å². The van der Waals surface area contributed by atoms with Gasteiger partial charge in [0, 0.05) is 23.6 Å². The third-order valence-corrected chi connectivity index (χ3v) is 5.95. The van der Waals surface area contributed by atoms with Crippen LogP contribution in [-0.2, 0) is 15.7 Å². The maximum atomic E-state index is 13.1. The van der Waals surface area contributed by atoms with Gasteiger partial charge in [-0.05, 0) is 55.0 Å². The first-order chi connectivity index (χ1) is 20.2. The van der Waals surface area contributed by atoms with Gasteiger partial charge in [-0.3, -0.25) is 10.4 Å². The molecule has 0 spiro atoms. The number of hydrogen-bond acceptors (Lipinski definition) is 4. The fraction of sp³-hybridized carbons (Fsp3) is 0.226. The molecule has 42 heavy (non-hydrogen) atoms. The van der Waals surface area contributed by atoms with Crippen LogP contribution in [0.25, 0.3) is 22.5 Å². The molecule has 0 aliphatic carbocycles. The highest BCUT2D eigenvalue weighted by Gasteiger charge is 2.31. The Kier molecular flexibility index (Phi) is 11.0. The second-order valence-electron chi connectivity index (χ2n) is 8.61. The van der Waals surface area contributed by atoms with Gasteiger partial charge in [-0.1, -0.05) is 31.2 Å². The molecular weight excluding hydrogens is 551 g/mol. The van der Waals surface area contributed by atoms with E-state index in [0.29, 0.717) is 40.1 Å². The van der Waals surface area contributed by atoms with Gasteiger partial charge in [0.05, 0.1) is 23.8 Å². The summed E-state index contributed by atoms with van der Waals surface area (Å²) in [5.74, 6) is 7.81. The maximum Gasteiger partial charge on any atom is 0.416 e. The van der Waals surface area contributed by atoms with Gasteiger partial charge in [-0.15, -0.1) is 11.6 Å². The van der Waals surface area contributed by atoms with E-state index in [0.717, 1.165) is 12.1 Å². The third-order valence-electron chi connectivity index (χ3n) is 5.95. The van der Waals surface area contributed by atoms with Crippen LogP contribution in [0.5, 0.6) is 11.5 Å². The van der Waals surface area contributed by atoms with E-state index in [4.69, 9.17) is 24.4 Å². The van der Waals surface area contributed by atoms with E-state index >= 15 is 0 Å². The average Bonchev–Trinajstić information content (AvgIpc) is 2.99. The van der Waals surface area contributed by atoms with Crippen LogP contribution in [-0.4, -0.2) is 32.5 Å². The van der Waals surface area contributed by atoms with Crippen molar-refractivity contribution in [1.29, 1.82) is 0 Å². The minimum Gasteiger partial charge on any atom is -0.692 e. The van der Waals surface area contributed by atoms with E-state index in [-0.39, 0.29) is 23.7 Å². The van der Waals surface area contributed by atoms with Crippen LogP contribution in [0, 0.1) is 4.54 Å². The Morgan fingerprint density at radius 1 is 1.00 bits per heavy atom.